The summed E-state index contributed by atoms with van der Waals surface area (Å²) in [5.74, 6) is 0.755. The molecule has 0 aromatic heterocycles. The summed E-state index contributed by atoms with van der Waals surface area (Å²) in [4.78, 5) is 19.7. The fourth-order valence-electron chi connectivity index (χ4n) is 2.03. The van der Waals surface area contributed by atoms with Gasteiger partial charge in [0.25, 0.3) is 7.72 Å². The molecular formula is C11H22O9P+. The molecule has 0 heterocycles. The lowest BCUT2D eigenvalue weighted by molar-refractivity contribution is -0.150. The van der Waals surface area contributed by atoms with E-state index in [0.717, 1.165) is 5.82 Å². The first kappa shape index (κ1) is 18.9. The van der Waals surface area contributed by atoms with Gasteiger partial charge in [0.05, 0.1) is 12.7 Å². The third-order valence-electron chi connectivity index (χ3n) is 3.39. The van der Waals surface area contributed by atoms with Gasteiger partial charge in [-0.1, -0.05) is 0 Å². The highest BCUT2D eigenvalue weighted by Crippen LogP contribution is 2.54. The fraction of sp³-hybridized carbons (Fsp3) is 0.818. The average molecular weight is 329 g/mol. The predicted molar refractivity (Wildman–Crippen MR) is 72.1 cm³/mol. The Labute approximate surface area is 121 Å². The van der Waals surface area contributed by atoms with E-state index in [2.05, 4.69) is 0 Å². The molecule has 0 bridgehead atoms. The first-order valence-electron chi connectivity index (χ1n) is 6.36. The minimum atomic E-state index is -3.78. The quantitative estimate of drug-likeness (QED) is 0.229. The molecule has 9 N–H and O–H groups in total. The molecule has 0 radical (unpaired) electrons. The second-order valence-corrected chi connectivity index (χ2v) is 7.40. The summed E-state index contributed by atoms with van der Waals surface area (Å²) in [6.07, 6.45) is -10.4. The highest BCUT2D eigenvalue weighted by molar-refractivity contribution is 7.67. The zero-order valence-electron chi connectivity index (χ0n) is 11.1. The van der Waals surface area contributed by atoms with Crippen LogP contribution < -0.4 is 0 Å². The van der Waals surface area contributed by atoms with Gasteiger partial charge in [-0.2, -0.15) is 0 Å². The molecular weight excluding hydrogens is 307 g/mol. The van der Waals surface area contributed by atoms with E-state index in [4.69, 9.17) is 10.2 Å². The van der Waals surface area contributed by atoms with E-state index in [1.807, 2.05) is 0 Å². The van der Waals surface area contributed by atoms with Crippen LogP contribution in [0.1, 0.15) is 6.42 Å². The van der Waals surface area contributed by atoms with Crippen molar-refractivity contribution >= 4 is 7.72 Å². The van der Waals surface area contributed by atoms with Gasteiger partial charge in [-0.15, -0.1) is 0 Å². The molecule has 1 fully saturated rings. The van der Waals surface area contributed by atoms with Crippen LogP contribution >= 0.6 is 7.72 Å². The summed E-state index contributed by atoms with van der Waals surface area (Å²) in [6.45, 7) is -0.550. The Kier molecular flexibility index (Phi) is 6.63. The van der Waals surface area contributed by atoms with Crippen molar-refractivity contribution in [3.63, 3.8) is 0 Å². The molecule has 0 spiro atoms. The number of aliphatic hydroxyl groups is 7. The van der Waals surface area contributed by atoms with Crippen molar-refractivity contribution in [1.82, 2.24) is 0 Å². The summed E-state index contributed by atoms with van der Waals surface area (Å²) in [6, 6.07) is 0. The zero-order valence-corrected chi connectivity index (χ0v) is 12.0. The van der Waals surface area contributed by atoms with Gasteiger partial charge in [0.15, 0.2) is 0 Å². The number of hydrogen-bond acceptors (Lipinski definition) is 9. The Morgan fingerprint density at radius 2 is 1.43 bits per heavy atom. The van der Waals surface area contributed by atoms with Crippen LogP contribution in [0.5, 0.6) is 0 Å². The van der Waals surface area contributed by atoms with Gasteiger partial charge in [0.2, 0.25) is 0 Å². The zero-order chi connectivity index (χ0) is 16.4. The summed E-state index contributed by atoms with van der Waals surface area (Å²) in [5, 5.41) is 65.7. The van der Waals surface area contributed by atoms with Crippen LogP contribution in [-0.4, -0.2) is 94.9 Å². The normalized spacial score (nSPS) is 37.8. The summed E-state index contributed by atoms with van der Waals surface area (Å²) >= 11 is 0. The molecule has 1 saturated carbocycles. The van der Waals surface area contributed by atoms with Crippen molar-refractivity contribution in [2.24, 2.45) is 0 Å². The standard InChI is InChI=1S/C11H22O9P/c12-3-5(13)1-2-21(19,20)4-6-7(14)9(16)11(18)10(17)8(6)15/h4-5,7-20H,1-3H2/q+1/t5?,7-,8-,9-,10+,11?/m0/s1. The maximum absolute atomic E-state index is 9.83. The SMILES string of the molecule is OCC(O)CC[P+](O)(O)C=C1[C@H](O)[C@H](O)C(O)[C@H](O)[C@H]1O. The van der Waals surface area contributed by atoms with Gasteiger partial charge in [-0.3, -0.25) is 0 Å². The lowest BCUT2D eigenvalue weighted by Crippen LogP contribution is -2.57. The van der Waals surface area contributed by atoms with Crippen LogP contribution in [0, 0.1) is 0 Å². The van der Waals surface area contributed by atoms with Crippen molar-refractivity contribution in [2.45, 2.75) is 43.0 Å². The third-order valence-corrected chi connectivity index (χ3v) is 5.02. The smallest absolute Gasteiger partial charge is 0.293 e. The van der Waals surface area contributed by atoms with Crippen LogP contribution in [-0.2, 0) is 0 Å². The lowest BCUT2D eigenvalue weighted by atomic mass is 9.84. The van der Waals surface area contributed by atoms with Gasteiger partial charge in [-0.25, -0.2) is 9.79 Å². The van der Waals surface area contributed by atoms with Gasteiger partial charge >= 0.3 is 0 Å². The highest BCUT2D eigenvalue weighted by atomic mass is 31.2. The van der Waals surface area contributed by atoms with Crippen LogP contribution in [0.25, 0.3) is 0 Å². The van der Waals surface area contributed by atoms with Crippen LogP contribution in [0.15, 0.2) is 11.4 Å². The van der Waals surface area contributed by atoms with Gasteiger partial charge in [0.1, 0.15) is 42.5 Å². The molecule has 0 aromatic rings. The highest BCUT2D eigenvalue weighted by Gasteiger charge is 2.47. The monoisotopic (exact) mass is 329 g/mol. The van der Waals surface area contributed by atoms with E-state index in [9.17, 15) is 35.3 Å². The number of aliphatic hydroxyl groups excluding tert-OH is 7. The Morgan fingerprint density at radius 3 is 1.86 bits per heavy atom. The van der Waals surface area contributed by atoms with Crippen LogP contribution in [0.3, 0.4) is 0 Å². The second kappa shape index (κ2) is 7.38. The van der Waals surface area contributed by atoms with Crippen molar-refractivity contribution in [3.8, 4) is 0 Å². The Morgan fingerprint density at radius 1 is 0.952 bits per heavy atom. The van der Waals surface area contributed by atoms with Crippen LogP contribution in [0.4, 0.5) is 0 Å². The first-order chi connectivity index (χ1) is 9.60. The van der Waals surface area contributed by atoms with Crippen LogP contribution in [0.2, 0.25) is 0 Å². The van der Waals surface area contributed by atoms with E-state index in [1.165, 1.54) is 0 Å². The van der Waals surface area contributed by atoms with Crippen molar-refractivity contribution in [3.05, 3.63) is 11.4 Å². The van der Waals surface area contributed by atoms with Crippen molar-refractivity contribution in [2.75, 3.05) is 12.8 Å². The molecule has 21 heavy (non-hydrogen) atoms. The predicted octanol–water partition coefficient (Wildman–Crippen LogP) is -3.74. The largest absolute Gasteiger partial charge is 0.394 e. The summed E-state index contributed by atoms with van der Waals surface area (Å²) in [7, 11) is -3.78. The maximum atomic E-state index is 9.83. The van der Waals surface area contributed by atoms with Gasteiger partial charge < -0.3 is 35.7 Å². The van der Waals surface area contributed by atoms with Crippen molar-refractivity contribution in [1.29, 1.82) is 0 Å². The molecule has 1 rings (SSSR count). The lowest BCUT2D eigenvalue weighted by Gasteiger charge is -2.37. The Hall–Kier alpha value is -0.190. The molecule has 1 aliphatic rings. The van der Waals surface area contributed by atoms with E-state index >= 15 is 0 Å². The molecule has 6 atom stereocenters. The molecule has 0 aromatic carbocycles. The van der Waals surface area contributed by atoms with Gasteiger partial charge in [0, 0.05) is 12.0 Å². The second-order valence-electron chi connectivity index (χ2n) is 5.13. The van der Waals surface area contributed by atoms with Crippen molar-refractivity contribution < 1.29 is 45.5 Å². The first-order valence-corrected chi connectivity index (χ1v) is 8.30. The minimum Gasteiger partial charge on any atom is -0.394 e. The number of hydrogen-bond donors (Lipinski definition) is 9. The molecule has 124 valence electrons. The van der Waals surface area contributed by atoms with E-state index < -0.39 is 56.5 Å². The molecule has 1 aliphatic carbocycles. The molecule has 0 saturated heterocycles. The fourth-order valence-corrected chi connectivity index (χ4v) is 3.62. The Bertz CT molecular complexity index is 357. The summed E-state index contributed by atoms with van der Waals surface area (Å²) < 4.78 is 0. The van der Waals surface area contributed by atoms with E-state index in [1.54, 1.807) is 0 Å². The van der Waals surface area contributed by atoms with E-state index in [-0.39, 0.29) is 12.6 Å². The minimum absolute atomic E-state index is 0.124. The molecule has 0 aliphatic heterocycles. The average Bonchev–Trinajstić information content (AvgIpc) is 2.45. The third kappa shape index (κ3) is 4.64. The molecule has 0 amide bonds. The number of rotatable bonds is 5. The Balaban J connectivity index is 2.89. The maximum Gasteiger partial charge on any atom is 0.293 e. The molecule has 9 nitrogen and oxygen atoms in total. The van der Waals surface area contributed by atoms with E-state index in [0.29, 0.717) is 0 Å². The summed E-state index contributed by atoms with van der Waals surface area (Å²) in [5.41, 5.74) is -0.405. The van der Waals surface area contributed by atoms with Gasteiger partial charge in [-0.05, 0) is 0 Å². The molecule has 2 unspecified atom stereocenters. The topological polar surface area (TPSA) is 182 Å². The molecule has 10 heteroatoms.